The summed E-state index contributed by atoms with van der Waals surface area (Å²) in [7, 11) is 1.79. The van der Waals surface area contributed by atoms with Crippen molar-refractivity contribution in [3.05, 3.63) is 60.6 Å². The van der Waals surface area contributed by atoms with Crippen LogP contribution in [0.3, 0.4) is 0 Å². The van der Waals surface area contributed by atoms with E-state index < -0.39 is 0 Å². The SMILES string of the molecule is CN=C(NCc1nnc2ccccn12)NCC1CCN(c2ccccc2)C1. The van der Waals surface area contributed by atoms with Gasteiger partial charge in [0.1, 0.15) is 0 Å². The van der Waals surface area contributed by atoms with Crippen molar-refractivity contribution >= 4 is 17.3 Å². The Morgan fingerprint density at radius 2 is 1.96 bits per heavy atom. The lowest BCUT2D eigenvalue weighted by Crippen LogP contribution is -2.40. The van der Waals surface area contributed by atoms with E-state index in [1.54, 1.807) is 7.05 Å². The highest BCUT2D eigenvalue weighted by molar-refractivity contribution is 5.79. The normalized spacial score (nSPS) is 17.4. The van der Waals surface area contributed by atoms with Crippen LogP contribution >= 0.6 is 0 Å². The van der Waals surface area contributed by atoms with Gasteiger partial charge in [-0.1, -0.05) is 24.3 Å². The number of benzene rings is 1. The van der Waals surface area contributed by atoms with Crippen molar-refractivity contribution in [1.29, 1.82) is 0 Å². The molecule has 1 aromatic carbocycles. The van der Waals surface area contributed by atoms with Gasteiger partial charge in [-0.3, -0.25) is 9.39 Å². The predicted molar refractivity (Wildman–Crippen MR) is 108 cm³/mol. The van der Waals surface area contributed by atoms with E-state index in [4.69, 9.17) is 0 Å². The molecule has 4 rings (SSSR count). The molecule has 1 fully saturated rings. The van der Waals surface area contributed by atoms with Crippen LogP contribution in [-0.2, 0) is 6.54 Å². The van der Waals surface area contributed by atoms with Crippen molar-refractivity contribution in [3.8, 4) is 0 Å². The first kappa shape index (κ1) is 17.3. The highest BCUT2D eigenvalue weighted by Crippen LogP contribution is 2.22. The van der Waals surface area contributed by atoms with Crippen molar-refractivity contribution in [1.82, 2.24) is 25.2 Å². The van der Waals surface area contributed by atoms with Crippen molar-refractivity contribution in [2.45, 2.75) is 13.0 Å². The van der Waals surface area contributed by atoms with Gasteiger partial charge in [-0.05, 0) is 36.6 Å². The smallest absolute Gasteiger partial charge is 0.191 e. The number of anilines is 1. The molecule has 140 valence electrons. The molecule has 1 unspecified atom stereocenters. The van der Waals surface area contributed by atoms with Crippen LogP contribution in [0.5, 0.6) is 0 Å². The fourth-order valence-corrected chi connectivity index (χ4v) is 3.51. The fourth-order valence-electron chi connectivity index (χ4n) is 3.51. The number of pyridine rings is 1. The van der Waals surface area contributed by atoms with E-state index in [1.807, 2.05) is 28.8 Å². The Kier molecular flexibility index (Phi) is 5.18. The third-order valence-electron chi connectivity index (χ3n) is 4.99. The van der Waals surface area contributed by atoms with Crippen LogP contribution in [0.2, 0.25) is 0 Å². The molecule has 2 aromatic heterocycles. The predicted octanol–water partition coefficient (Wildman–Crippen LogP) is 1.92. The van der Waals surface area contributed by atoms with Gasteiger partial charge in [0.05, 0.1) is 6.54 Å². The fraction of sp³-hybridized carbons (Fsp3) is 0.350. The number of nitrogens with one attached hydrogen (secondary N) is 2. The van der Waals surface area contributed by atoms with E-state index in [1.165, 1.54) is 12.1 Å². The summed E-state index contributed by atoms with van der Waals surface area (Å²) in [5, 5.41) is 15.2. The molecule has 0 radical (unpaired) electrons. The zero-order valence-corrected chi connectivity index (χ0v) is 15.5. The zero-order chi connectivity index (χ0) is 18.5. The molecule has 0 spiro atoms. The first-order chi connectivity index (χ1) is 13.3. The Hall–Kier alpha value is -3.09. The highest BCUT2D eigenvalue weighted by atomic mass is 15.3. The molecule has 2 N–H and O–H groups in total. The van der Waals surface area contributed by atoms with E-state index in [-0.39, 0.29) is 0 Å². The summed E-state index contributed by atoms with van der Waals surface area (Å²) in [5.41, 5.74) is 2.16. The Morgan fingerprint density at radius 3 is 2.81 bits per heavy atom. The summed E-state index contributed by atoms with van der Waals surface area (Å²) in [6.45, 7) is 3.66. The van der Waals surface area contributed by atoms with Gasteiger partial charge >= 0.3 is 0 Å². The minimum Gasteiger partial charge on any atom is -0.371 e. The molecule has 7 nitrogen and oxygen atoms in total. The molecule has 0 saturated carbocycles. The number of hydrogen-bond donors (Lipinski definition) is 2. The average Bonchev–Trinajstić information content (AvgIpc) is 3.36. The maximum Gasteiger partial charge on any atom is 0.191 e. The molecule has 3 aromatic rings. The van der Waals surface area contributed by atoms with Gasteiger partial charge in [-0.2, -0.15) is 0 Å². The number of rotatable bonds is 5. The summed E-state index contributed by atoms with van der Waals surface area (Å²) >= 11 is 0. The average molecular weight is 363 g/mol. The Balaban J connectivity index is 1.27. The minimum absolute atomic E-state index is 0.575. The number of aliphatic imine (C=N–C) groups is 1. The quantitative estimate of drug-likeness (QED) is 0.535. The first-order valence-electron chi connectivity index (χ1n) is 9.36. The van der Waals surface area contributed by atoms with Gasteiger partial charge in [0, 0.05) is 38.6 Å². The van der Waals surface area contributed by atoms with Crippen LogP contribution in [-0.4, -0.2) is 47.2 Å². The molecule has 1 saturated heterocycles. The van der Waals surface area contributed by atoms with Crippen LogP contribution in [0.25, 0.3) is 5.65 Å². The lowest BCUT2D eigenvalue weighted by molar-refractivity contribution is 0.565. The molecule has 1 aliphatic heterocycles. The summed E-state index contributed by atoms with van der Waals surface area (Å²) < 4.78 is 1.98. The van der Waals surface area contributed by atoms with Crippen molar-refractivity contribution in [2.75, 3.05) is 31.6 Å². The maximum atomic E-state index is 4.33. The molecule has 27 heavy (non-hydrogen) atoms. The van der Waals surface area contributed by atoms with Crippen LogP contribution in [0.4, 0.5) is 5.69 Å². The molecule has 1 atom stereocenters. The number of hydrogen-bond acceptors (Lipinski definition) is 4. The van der Waals surface area contributed by atoms with Gasteiger partial charge in [-0.15, -0.1) is 10.2 Å². The van der Waals surface area contributed by atoms with Crippen LogP contribution in [0, 0.1) is 5.92 Å². The molecule has 7 heteroatoms. The first-order valence-corrected chi connectivity index (χ1v) is 9.36. The molecule has 0 bridgehead atoms. The van der Waals surface area contributed by atoms with E-state index >= 15 is 0 Å². The number of nitrogens with zero attached hydrogens (tertiary/aromatic N) is 5. The van der Waals surface area contributed by atoms with E-state index in [0.29, 0.717) is 12.5 Å². The zero-order valence-electron chi connectivity index (χ0n) is 15.5. The highest BCUT2D eigenvalue weighted by Gasteiger charge is 2.22. The van der Waals surface area contributed by atoms with E-state index in [0.717, 1.165) is 37.1 Å². The standard InChI is InChI=1S/C20H25N7/c1-21-20(23-14-19-25-24-18-9-5-6-11-27(18)19)22-13-16-10-12-26(15-16)17-7-3-2-4-8-17/h2-9,11,16H,10,12-15H2,1H3,(H2,21,22,23). The van der Waals surface area contributed by atoms with Crippen LogP contribution in [0.15, 0.2) is 59.7 Å². The molecular formula is C20H25N7. The molecule has 0 amide bonds. The number of guanidine groups is 1. The van der Waals surface area contributed by atoms with Gasteiger partial charge in [0.15, 0.2) is 17.4 Å². The molecule has 0 aliphatic carbocycles. The molecule has 3 heterocycles. The van der Waals surface area contributed by atoms with Crippen molar-refractivity contribution in [2.24, 2.45) is 10.9 Å². The Labute approximate surface area is 159 Å². The summed E-state index contributed by atoms with van der Waals surface area (Å²) in [5.74, 6) is 2.27. The summed E-state index contributed by atoms with van der Waals surface area (Å²) in [4.78, 5) is 6.78. The summed E-state index contributed by atoms with van der Waals surface area (Å²) in [6.07, 6.45) is 3.16. The summed E-state index contributed by atoms with van der Waals surface area (Å²) in [6, 6.07) is 16.5. The monoisotopic (exact) mass is 363 g/mol. The Bertz CT molecular complexity index is 903. The lowest BCUT2D eigenvalue weighted by atomic mass is 10.1. The third-order valence-corrected chi connectivity index (χ3v) is 4.99. The minimum atomic E-state index is 0.575. The molecule has 1 aliphatic rings. The van der Waals surface area contributed by atoms with E-state index in [9.17, 15) is 0 Å². The van der Waals surface area contributed by atoms with Gasteiger partial charge < -0.3 is 15.5 Å². The maximum absolute atomic E-state index is 4.33. The lowest BCUT2D eigenvalue weighted by Gasteiger charge is -2.19. The van der Waals surface area contributed by atoms with Gasteiger partial charge in [0.25, 0.3) is 0 Å². The number of aromatic nitrogens is 3. The van der Waals surface area contributed by atoms with Crippen molar-refractivity contribution in [3.63, 3.8) is 0 Å². The van der Waals surface area contributed by atoms with Crippen LogP contribution < -0.4 is 15.5 Å². The third kappa shape index (κ3) is 4.02. The Morgan fingerprint density at radius 1 is 1.11 bits per heavy atom. The number of para-hydroxylation sites is 1. The van der Waals surface area contributed by atoms with Crippen LogP contribution in [0.1, 0.15) is 12.2 Å². The second-order valence-corrected chi connectivity index (χ2v) is 6.79. The number of fused-ring (bicyclic) bond motifs is 1. The van der Waals surface area contributed by atoms with Gasteiger partial charge in [-0.25, -0.2) is 0 Å². The topological polar surface area (TPSA) is 69.8 Å². The second kappa shape index (κ2) is 8.07. The van der Waals surface area contributed by atoms with Crippen molar-refractivity contribution < 1.29 is 0 Å². The second-order valence-electron chi connectivity index (χ2n) is 6.79. The van der Waals surface area contributed by atoms with E-state index in [2.05, 4.69) is 61.1 Å². The molecular weight excluding hydrogens is 338 g/mol. The largest absolute Gasteiger partial charge is 0.371 e. The van der Waals surface area contributed by atoms with Gasteiger partial charge in [0.2, 0.25) is 0 Å².